The van der Waals surface area contributed by atoms with Gasteiger partial charge in [0.25, 0.3) is 0 Å². The van der Waals surface area contributed by atoms with Gasteiger partial charge in [-0.3, -0.25) is 4.21 Å². The molecule has 9 heteroatoms. The number of benzene rings is 2. The number of aryl methyl sites for hydroxylation is 1. The van der Waals surface area contributed by atoms with Crippen molar-refractivity contribution in [3.8, 4) is 0 Å². The summed E-state index contributed by atoms with van der Waals surface area (Å²) in [7, 11) is -1.18. The van der Waals surface area contributed by atoms with E-state index in [0.717, 1.165) is 11.4 Å². The molecule has 0 radical (unpaired) electrons. The SMILES string of the molecule is O=S1CCc2nc(N3CCN(c4cccc(F)c4)CC3)nc(Nc3cccc(F)c3)c21. The van der Waals surface area contributed by atoms with Gasteiger partial charge in [-0.1, -0.05) is 12.1 Å². The highest BCUT2D eigenvalue weighted by atomic mass is 32.2. The summed E-state index contributed by atoms with van der Waals surface area (Å²) in [6.07, 6.45) is 0.624. The van der Waals surface area contributed by atoms with Gasteiger partial charge in [0.15, 0.2) is 5.82 Å². The van der Waals surface area contributed by atoms with Crippen molar-refractivity contribution in [2.75, 3.05) is 47.0 Å². The fraction of sp³-hybridized carbons (Fsp3) is 0.273. The Morgan fingerprint density at radius 2 is 1.61 bits per heavy atom. The summed E-state index contributed by atoms with van der Waals surface area (Å²) in [4.78, 5) is 14.2. The van der Waals surface area contributed by atoms with Gasteiger partial charge in [-0.15, -0.1) is 0 Å². The third-order valence-corrected chi connectivity index (χ3v) is 6.96. The topological polar surface area (TPSA) is 61.4 Å². The molecule has 3 heterocycles. The summed E-state index contributed by atoms with van der Waals surface area (Å²) in [6.45, 7) is 2.78. The molecule has 2 aliphatic rings. The van der Waals surface area contributed by atoms with Gasteiger partial charge in [0.05, 0.1) is 16.5 Å². The number of fused-ring (bicyclic) bond motifs is 1. The molecule has 1 atom stereocenters. The Kier molecular flexibility index (Phi) is 5.27. The second-order valence-corrected chi connectivity index (χ2v) is 9.04. The highest BCUT2D eigenvalue weighted by molar-refractivity contribution is 7.85. The smallest absolute Gasteiger partial charge is 0.227 e. The molecule has 1 fully saturated rings. The number of hydrogen-bond donors (Lipinski definition) is 1. The molecule has 0 amide bonds. The van der Waals surface area contributed by atoms with E-state index in [9.17, 15) is 13.0 Å². The maximum atomic E-state index is 13.6. The molecule has 0 saturated carbocycles. The number of piperazine rings is 1. The van der Waals surface area contributed by atoms with Crippen LogP contribution in [0.3, 0.4) is 0 Å². The zero-order valence-electron chi connectivity index (χ0n) is 16.7. The monoisotopic (exact) mass is 441 g/mol. The van der Waals surface area contributed by atoms with Crippen molar-refractivity contribution in [3.05, 3.63) is 65.9 Å². The molecule has 2 aromatic carbocycles. The lowest BCUT2D eigenvalue weighted by Gasteiger charge is -2.36. The average Bonchev–Trinajstić information content (AvgIpc) is 3.15. The number of aromatic nitrogens is 2. The van der Waals surface area contributed by atoms with Gasteiger partial charge >= 0.3 is 0 Å². The van der Waals surface area contributed by atoms with Crippen molar-refractivity contribution in [1.29, 1.82) is 0 Å². The van der Waals surface area contributed by atoms with Crippen molar-refractivity contribution in [3.63, 3.8) is 0 Å². The lowest BCUT2D eigenvalue weighted by atomic mass is 10.2. The average molecular weight is 442 g/mol. The molecule has 31 heavy (non-hydrogen) atoms. The molecule has 1 N–H and O–H groups in total. The maximum Gasteiger partial charge on any atom is 0.227 e. The van der Waals surface area contributed by atoms with Gasteiger partial charge in [-0.25, -0.2) is 13.8 Å². The van der Waals surface area contributed by atoms with Gasteiger partial charge in [0, 0.05) is 49.7 Å². The maximum absolute atomic E-state index is 13.6. The number of nitrogens with one attached hydrogen (secondary N) is 1. The molecule has 0 bridgehead atoms. The molecule has 6 nitrogen and oxygen atoms in total. The van der Waals surface area contributed by atoms with Crippen LogP contribution in [-0.2, 0) is 17.2 Å². The molecule has 5 rings (SSSR count). The summed E-state index contributed by atoms with van der Waals surface area (Å²) in [5.74, 6) is 0.941. The second kappa shape index (κ2) is 8.22. The van der Waals surface area contributed by atoms with Gasteiger partial charge in [-0.2, -0.15) is 4.98 Å². The van der Waals surface area contributed by atoms with Crippen LogP contribution in [0.5, 0.6) is 0 Å². The molecule has 0 aliphatic carbocycles. The molecular formula is C22H21F2N5OS. The summed E-state index contributed by atoms with van der Waals surface area (Å²) < 4.78 is 39.7. The van der Waals surface area contributed by atoms with Crippen LogP contribution >= 0.6 is 0 Å². The quantitative estimate of drug-likeness (QED) is 0.669. The minimum atomic E-state index is -1.18. The standard InChI is InChI=1S/C22H21F2N5OS/c23-15-3-1-5-17(13-15)25-21-20-19(7-12-31(20)30)26-22(27-21)29-10-8-28(9-11-29)18-6-2-4-16(24)14-18/h1-6,13-14H,7-12H2,(H,25,26,27). The van der Waals surface area contributed by atoms with Crippen LogP contribution in [-0.4, -0.2) is 46.1 Å². The number of nitrogens with zero attached hydrogens (tertiary/aromatic N) is 4. The van der Waals surface area contributed by atoms with E-state index < -0.39 is 10.8 Å². The Labute approximate surface area is 181 Å². The largest absolute Gasteiger partial charge is 0.368 e. The Balaban J connectivity index is 1.39. The van der Waals surface area contributed by atoms with Crippen molar-refractivity contribution < 1.29 is 13.0 Å². The molecule has 1 saturated heterocycles. The first-order valence-electron chi connectivity index (χ1n) is 10.1. The van der Waals surface area contributed by atoms with E-state index in [1.165, 1.54) is 24.3 Å². The third kappa shape index (κ3) is 4.10. The first-order valence-corrected chi connectivity index (χ1v) is 11.5. The Morgan fingerprint density at radius 3 is 2.35 bits per heavy atom. The van der Waals surface area contributed by atoms with Gasteiger partial charge in [-0.05, 0) is 36.4 Å². The van der Waals surface area contributed by atoms with Crippen LogP contribution < -0.4 is 15.1 Å². The first kappa shape index (κ1) is 19.9. The summed E-state index contributed by atoms with van der Waals surface area (Å²) >= 11 is 0. The minimum Gasteiger partial charge on any atom is -0.368 e. The Morgan fingerprint density at radius 1 is 0.903 bits per heavy atom. The van der Waals surface area contributed by atoms with E-state index in [4.69, 9.17) is 0 Å². The fourth-order valence-corrected chi connectivity index (χ4v) is 5.26. The van der Waals surface area contributed by atoms with E-state index in [2.05, 4.69) is 25.1 Å². The zero-order valence-corrected chi connectivity index (χ0v) is 17.5. The molecule has 0 spiro atoms. The van der Waals surface area contributed by atoms with Crippen molar-refractivity contribution in [2.45, 2.75) is 11.3 Å². The summed E-state index contributed by atoms with van der Waals surface area (Å²) in [6, 6.07) is 12.7. The van der Waals surface area contributed by atoms with Crippen LogP contribution in [0.25, 0.3) is 0 Å². The Hall–Kier alpha value is -3.07. The van der Waals surface area contributed by atoms with Crippen LogP contribution in [0.15, 0.2) is 53.4 Å². The summed E-state index contributed by atoms with van der Waals surface area (Å²) in [5.41, 5.74) is 2.18. The lowest BCUT2D eigenvalue weighted by Crippen LogP contribution is -2.47. The van der Waals surface area contributed by atoms with Crippen LogP contribution in [0.2, 0.25) is 0 Å². The number of halogens is 2. The van der Waals surface area contributed by atoms with Crippen molar-refractivity contribution in [2.24, 2.45) is 0 Å². The predicted octanol–water partition coefficient (Wildman–Crippen LogP) is 3.49. The zero-order chi connectivity index (χ0) is 21.4. The number of rotatable bonds is 4. The van der Waals surface area contributed by atoms with Crippen molar-refractivity contribution >= 4 is 33.9 Å². The van der Waals surface area contributed by atoms with Crippen LogP contribution in [0.4, 0.5) is 31.9 Å². The fourth-order valence-electron chi connectivity index (χ4n) is 3.95. The minimum absolute atomic E-state index is 0.247. The highest BCUT2D eigenvalue weighted by Crippen LogP contribution is 2.32. The van der Waals surface area contributed by atoms with Gasteiger partial charge in [0.1, 0.15) is 16.5 Å². The highest BCUT2D eigenvalue weighted by Gasteiger charge is 2.28. The molecule has 1 unspecified atom stereocenters. The van der Waals surface area contributed by atoms with E-state index in [-0.39, 0.29) is 11.6 Å². The van der Waals surface area contributed by atoms with Gasteiger partial charge < -0.3 is 15.1 Å². The number of hydrogen-bond acceptors (Lipinski definition) is 6. The number of anilines is 4. The van der Waals surface area contributed by atoms with Crippen LogP contribution in [0, 0.1) is 11.6 Å². The summed E-state index contributed by atoms with van der Waals surface area (Å²) in [5, 5.41) is 3.13. The van der Waals surface area contributed by atoms with E-state index >= 15 is 0 Å². The van der Waals surface area contributed by atoms with E-state index in [1.807, 2.05) is 6.07 Å². The third-order valence-electron chi connectivity index (χ3n) is 5.50. The first-order chi connectivity index (χ1) is 15.1. The molecule has 3 aromatic rings. The van der Waals surface area contributed by atoms with E-state index in [1.54, 1.807) is 18.2 Å². The van der Waals surface area contributed by atoms with Crippen LogP contribution in [0.1, 0.15) is 5.69 Å². The molecule has 2 aliphatic heterocycles. The van der Waals surface area contributed by atoms with E-state index in [0.29, 0.717) is 60.7 Å². The van der Waals surface area contributed by atoms with Crippen molar-refractivity contribution in [1.82, 2.24) is 9.97 Å². The Bertz CT molecular complexity index is 1150. The predicted molar refractivity (Wildman–Crippen MR) is 118 cm³/mol. The second-order valence-electron chi connectivity index (χ2n) is 7.54. The lowest BCUT2D eigenvalue weighted by molar-refractivity contribution is 0.617. The molecule has 1 aromatic heterocycles. The normalized spacial score (nSPS) is 18.2. The van der Waals surface area contributed by atoms with Gasteiger partial charge in [0.2, 0.25) is 5.95 Å². The molecular weight excluding hydrogens is 420 g/mol. The molecule has 160 valence electrons.